The van der Waals surface area contributed by atoms with E-state index in [4.69, 9.17) is 4.52 Å². The van der Waals surface area contributed by atoms with Gasteiger partial charge in [0.2, 0.25) is 5.76 Å². The average Bonchev–Trinajstić information content (AvgIpc) is 3.21. The van der Waals surface area contributed by atoms with Crippen molar-refractivity contribution < 1.29 is 22.5 Å². The molecule has 0 unspecified atom stereocenters. The highest BCUT2D eigenvalue weighted by molar-refractivity contribution is 6.02. The van der Waals surface area contributed by atoms with Crippen LogP contribution in [-0.2, 0) is 12.7 Å². The molecule has 1 amide bonds. The number of aryl methyl sites for hydroxylation is 1. The molecule has 0 atom stereocenters. The van der Waals surface area contributed by atoms with Gasteiger partial charge in [-0.1, -0.05) is 5.16 Å². The van der Waals surface area contributed by atoms with Crippen LogP contribution in [0.2, 0.25) is 0 Å². The van der Waals surface area contributed by atoms with Gasteiger partial charge < -0.3 is 9.84 Å². The summed E-state index contributed by atoms with van der Waals surface area (Å²) in [6.07, 6.45) is -1.15. The van der Waals surface area contributed by atoms with Crippen LogP contribution in [0.3, 0.4) is 0 Å². The maximum atomic E-state index is 13.2. The summed E-state index contributed by atoms with van der Waals surface area (Å²) in [7, 11) is 0. The molecule has 1 aliphatic carbocycles. The van der Waals surface area contributed by atoms with E-state index < -0.39 is 17.8 Å². The Kier molecular flexibility index (Phi) is 5.26. The summed E-state index contributed by atoms with van der Waals surface area (Å²) in [4.78, 5) is 12.6. The Bertz CT molecular complexity index is 1350. The van der Waals surface area contributed by atoms with Crippen molar-refractivity contribution in [3.63, 3.8) is 0 Å². The third-order valence-electron chi connectivity index (χ3n) is 5.81. The van der Waals surface area contributed by atoms with Crippen molar-refractivity contribution >= 4 is 11.6 Å². The minimum Gasteiger partial charge on any atom is -0.350 e. The minimum absolute atomic E-state index is 0.0284. The highest BCUT2D eigenvalue weighted by Crippen LogP contribution is 2.43. The maximum Gasteiger partial charge on any atom is 0.435 e. The molecule has 1 aromatic carbocycles. The average molecular weight is 470 g/mol. The second kappa shape index (κ2) is 8.15. The fourth-order valence-corrected chi connectivity index (χ4v) is 3.82. The summed E-state index contributed by atoms with van der Waals surface area (Å²) in [5, 5.41) is 14.7. The maximum absolute atomic E-state index is 13.2. The van der Waals surface area contributed by atoms with E-state index in [2.05, 4.69) is 20.7 Å². The highest BCUT2D eigenvalue weighted by Gasteiger charge is 2.38. The van der Waals surface area contributed by atoms with E-state index in [0.717, 1.165) is 30.2 Å². The Morgan fingerprint density at radius 3 is 2.56 bits per heavy atom. The first-order chi connectivity index (χ1) is 16.2. The quantitative estimate of drug-likeness (QED) is 0.418. The molecule has 5 rings (SSSR count). The van der Waals surface area contributed by atoms with E-state index in [0.29, 0.717) is 29.3 Å². The Balaban J connectivity index is 1.33. The first-order valence-corrected chi connectivity index (χ1v) is 10.8. The number of hydrogen-bond donors (Lipinski definition) is 1. The molecule has 3 aromatic heterocycles. The van der Waals surface area contributed by atoms with Gasteiger partial charge in [-0.2, -0.15) is 23.4 Å². The van der Waals surface area contributed by atoms with Crippen molar-refractivity contribution in [2.24, 2.45) is 0 Å². The Hall–Kier alpha value is -3.89. The van der Waals surface area contributed by atoms with Crippen LogP contribution in [0.1, 0.15) is 53.3 Å². The number of alkyl halides is 3. The summed E-state index contributed by atoms with van der Waals surface area (Å²) < 4.78 is 47.8. The van der Waals surface area contributed by atoms with Crippen molar-refractivity contribution in [1.29, 1.82) is 0 Å². The number of halogens is 3. The van der Waals surface area contributed by atoms with E-state index in [9.17, 15) is 18.0 Å². The number of carbonyl (C=O) groups is 1. The molecule has 1 N–H and O–H groups in total. The number of benzene rings is 1. The molecule has 0 aliphatic heterocycles. The number of nitrogens with one attached hydrogen (secondary N) is 1. The number of rotatable bonds is 6. The van der Waals surface area contributed by atoms with E-state index in [1.165, 1.54) is 10.7 Å². The molecule has 0 spiro atoms. The summed E-state index contributed by atoms with van der Waals surface area (Å²) in [5.74, 6) is -0.388. The molecule has 8 nitrogen and oxygen atoms in total. The van der Waals surface area contributed by atoms with Gasteiger partial charge >= 0.3 is 6.18 Å². The lowest BCUT2D eigenvalue weighted by Gasteiger charge is -2.08. The molecule has 176 valence electrons. The lowest BCUT2D eigenvalue weighted by Crippen LogP contribution is -2.11. The van der Waals surface area contributed by atoms with E-state index >= 15 is 0 Å². The zero-order chi connectivity index (χ0) is 24.0. The first-order valence-electron chi connectivity index (χ1n) is 10.8. The van der Waals surface area contributed by atoms with Crippen molar-refractivity contribution in [3.8, 4) is 16.9 Å². The molecule has 1 saturated carbocycles. The zero-order valence-corrected chi connectivity index (χ0v) is 18.4. The molecule has 4 aromatic rings. The third kappa shape index (κ3) is 4.09. The van der Waals surface area contributed by atoms with Crippen LogP contribution >= 0.6 is 0 Å². The first kappa shape index (κ1) is 21.9. The highest BCUT2D eigenvalue weighted by atomic mass is 19.4. The minimum atomic E-state index is -4.51. The van der Waals surface area contributed by atoms with Gasteiger partial charge in [0.15, 0.2) is 5.69 Å². The zero-order valence-electron chi connectivity index (χ0n) is 18.4. The van der Waals surface area contributed by atoms with Crippen molar-refractivity contribution in [2.75, 3.05) is 5.32 Å². The van der Waals surface area contributed by atoms with Gasteiger partial charge in [0, 0.05) is 41.2 Å². The van der Waals surface area contributed by atoms with Crippen LogP contribution in [0.5, 0.6) is 0 Å². The summed E-state index contributed by atoms with van der Waals surface area (Å²) in [6.45, 7) is 4.60. The Morgan fingerprint density at radius 1 is 1.21 bits per heavy atom. The molecule has 0 saturated heterocycles. The van der Waals surface area contributed by atoms with Crippen LogP contribution in [0.4, 0.5) is 18.9 Å². The molecule has 3 heterocycles. The van der Waals surface area contributed by atoms with Crippen LogP contribution in [0.15, 0.2) is 47.1 Å². The molecule has 1 fully saturated rings. The summed E-state index contributed by atoms with van der Waals surface area (Å²) in [5.41, 5.74) is 2.77. The van der Waals surface area contributed by atoms with Gasteiger partial charge in [-0.3, -0.25) is 9.48 Å². The van der Waals surface area contributed by atoms with E-state index in [1.54, 1.807) is 30.5 Å². The molecule has 0 radical (unpaired) electrons. The van der Waals surface area contributed by atoms with Crippen LogP contribution in [0.25, 0.3) is 16.9 Å². The van der Waals surface area contributed by atoms with Crippen molar-refractivity contribution in [1.82, 2.24) is 24.7 Å². The summed E-state index contributed by atoms with van der Waals surface area (Å²) in [6, 6.07) is 9.09. The normalized spacial score (nSPS) is 13.9. The van der Waals surface area contributed by atoms with Gasteiger partial charge in [-0.15, -0.1) is 0 Å². The van der Waals surface area contributed by atoms with Crippen molar-refractivity contribution in [2.45, 2.75) is 45.3 Å². The standard InChI is InChI=1S/C23H21F3N6O2/c1-3-31-13(2)17(12-27-31)18-10-20(34-30-18)22(33)28-15-6-8-16(9-7-15)32-19(14-4-5-14)11-21(29-32)23(24,25)26/h6-12,14H,3-5H2,1-2H3,(H,28,33). The number of anilines is 1. The SMILES string of the molecule is CCn1ncc(-c2cc(C(=O)Nc3ccc(-n4nc(C(F)(F)F)cc4C4CC4)cc3)on2)c1C. The molecule has 1 aliphatic rings. The van der Waals surface area contributed by atoms with Gasteiger partial charge in [-0.05, 0) is 57.0 Å². The van der Waals surface area contributed by atoms with Crippen molar-refractivity contribution in [3.05, 3.63) is 65.4 Å². The van der Waals surface area contributed by atoms with Gasteiger partial charge in [0.1, 0.15) is 5.69 Å². The number of carbonyl (C=O) groups excluding carboxylic acids is 1. The fraction of sp³-hybridized carbons (Fsp3) is 0.304. The third-order valence-corrected chi connectivity index (χ3v) is 5.81. The topological polar surface area (TPSA) is 90.8 Å². The summed E-state index contributed by atoms with van der Waals surface area (Å²) >= 11 is 0. The second-order valence-corrected chi connectivity index (χ2v) is 8.18. The largest absolute Gasteiger partial charge is 0.435 e. The lowest BCUT2D eigenvalue weighted by atomic mass is 10.2. The van der Waals surface area contributed by atoms with Crippen LogP contribution in [-0.4, -0.2) is 30.6 Å². The molecular weight excluding hydrogens is 449 g/mol. The predicted octanol–water partition coefficient (Wildman–Crippen LogP) is 5.20. The van der Waals surface area contributed by atoms with E-state index in [1.807, 2.05) is 18.5 Å². The second-order valence-electron chi connectivity index (χ2n) is 8.18. The fourth-order valence-electron chi connectivity index (χ4n) is 3.82. The Morgan fingerprint density at radius 2 is 1.94 bits per heavy atom. The monoisotopic (exact) mass is 470 g/mol. The number of hydrogen-bond acceptors (Lipinski definition) is 5. The molecule has 0 bridgehead atoms. The van der Waals surface area contributed by atoms with Crippen LogP contribution < -0.4 is 5.32 Å². The van der Waals surface area contributed by atoms with Gasteiger partial charge in [0.05, 0.1) is 11.9 Å². The number of nitrogens with zero attached hydrogens (tertiary/aromatic N) is 5. The number of aromatic nitrogens is 5. The molecule has 34 heavy (non-hydrogen) atoms. The Labute approximate surface area is 192 Å². The number of amides is 1. The van der Waals surface area contributed by atoms with Crippen LogP contribution in [0, 0.1) is 6.92 Å². The molecule has 11 heteroatoms. The smallest absolute Gasteiger partial charge is 0.350 e. The molecular formula is C23H21F3N6O2. The lowest BCUT2D eigenvalue weighted by molar-refractivity contribution is -0.141. The van der Waals surface area contributed by atoms with E-state index in [-0.39, 0.29) is 11.7 Å². The van der Waals surface area contributed by atoms with Gasteiger partial charge in [-0.25, -0.2) is 4.68 Å². The van der Waals surface area contributed by atoms with Gasteiger partial charge in [0.25, 0.3) is 5.91 Å². The predicted molar refractivity (Wildman–Crippen MR) is 117 cm³/mol.